The summed E-state index contributed by atoms with van der Waals surface area (Å²) in [5.74, 6) is -0.273. The summed E-state index contributed by atoms with van der Waals surface area (Å²) in [6, 6.07) is 6.86. The van der Waals surface area contributed by atoms with Gasteiger partial charge in [-0.2, -0.15) is 11.3 Å². The fourth-order valence-corrected chi connectivity index (χ4v) is 4.10. The van der Waals surface area contributed by atoms with Gasteiger partial charge in [-0.3, -0.25) is 19.8 Å². The molecule has 2 heterocycles. The summed E-state index contributed by atoms with van der Waals surface area (Å²) >= 11 is 1.65. The quantitative estimate of drug-likeness (QED) is 0.615. The van der Waals surface area contributed by atoms with E-state index in [0.29, 0.717) is 17.7 Å². The number of nitro groups is 1. The number of hydrogen-bond acceptors (Lipinski definition) is 5. The van der Waals surface area contributed by atoms with Gasteiger partial charge < -0.3 is 5.32 Å². The van der Waals surface area contributed by atoms with Crippen LogP contribution in [0.3, 0.4) is 0 Å². The van der Waals surface area contributed by atoms with Gasteiger partial charge in [0.25, 0.3) is 11.6 Å². The number of nitrogens with zero attached hydrogens (tertiary/aromatic N) is 2. The molecule has 0 radical (unpaired) electrons. The Bertz CT molecular complexity index is 770. The van der Waals surface area contributed by atoms with Crippen LogP contribution >= 0.6 is 11.3 Å². The van der Waals surface area contributed by atoms with Crippen LogP contribution in [0.2, 0.25) is 0 Å². The Hall–Kier alpha value is -2.25. The minimum atomic E-state index is -0.450. The van der Waals surface area contributed by atoms with E-state index in [1.54, 1.807) is 30.4 Å². The first kappa shape index (κ1) is 18.5. The molecule has 0 spiro atoms. The highest BCUT2D eigenvalue weighted by Gasteiger charge is 2.24. The second kappa shape index (κ2) is 8.42. The van der Waals surface area contributed by atoms with Crippen molar-refractivity contribution < 1.29 is 9.72 Å². The first-order chi connectivity index (χ1) is 12.6. The Morgan fingerprint density at radius 3 is 2.73 bits per heavy atom. The third-order valence-electron chi connectivity index (χ3n) is 4.88. The van der Waals surface area contributed by atoms with Crippen LogP contribution in [0.4, 0.5) is 5.69 Å². The normalized spacial score (nSPS) is 16.2. The highest BCUT2D eigenvalue weighted by Crippen LogP contribution is 2.26. The van der Waals surface area contributed by atoms with Gasteiger partial charge in [0, 0.05) is 23.7 Å². The fraction of sp³-hybridized carbons (Fsp3) is 0.421. The number of carbonyl (C=O) groups excluding carboxylic acids is 1. The van der Waals surface area contributed by atoms with Gasteiger partial charge in [0.1, 0.15) is 0 Å². The van der Waals surface area contributed by atoms with E-state index in [-0.39, 0.29) is 17.6 Å². The van der Waals surface area contributed by atoms with E-state index in [0.717, 1.165) is 13.1 Å². The molecule has 6 nitrogen and oxygen atoms in total. The SMILES string of the molecule is Cc1ccc(C(=O)NCC(c2ccsc2)N2CCCCC2)cc1[N+](=O)[O-]. The van der Waals surface area contributed by atoms with Crippen molar-refractivity contribution >= 4 is 22.9 Å². The molecule has 0 saturated carbocycles. The number of aryl methyl sites for hydroxylation is 1. The van der Waals surface area contributed by atoms with Crippen molar-refractivity contribution in [2.75, 3.05) is 19.6 Å². The Morgan fingerprint density at radius 1 is 1.31 bits per heavy atom. The Balaban J connectivity index is 1.71. The number of likely N-dealkylation sites (tertiary alicyclic amines) is 1. The average Bonchev–Trinajstić information content (AvgIpc) is 3.17. The van der Waals surface area contributed by atoms with Crippen molar-refractivity contribution in [1.29, 1.82) is 0 Å². The summed E-state index contributed by atoms with van der Waals surface area (Å²) in [7, 11) is 0. The van der Waals surface area contributed by atoms with Crippen LogP contribution in [0.15, 0.2) is 35.0 Å². The molecule has 1 saturated heterocycles. The van der Waals surface area contributed by atoms with E-state index in [1.165, 1.54) is 30.9 Å². The number of thiophene rings is 1. The molecule has 0 bridgehead atoms. The van der Waals surface area contributed by atoms with Crippen molar-refractivity contribution in [2.45, 2.75) is 32.2 Å². The molecule has 1 unspecified atom stereocenters. The van der Waals surface area contributed by atoms with Gasteiger partial charge in [0.2, 0.25) is 0 Å². The summed E-state index contributed by atoms with van der Waals surface area (Å²) in [5, 5.41) is 18.2. The van der Waals surface area contributed by atoms with Crippen LogP contribution < -0.4 is 5.32 Å². The van der Waals surface area contributed by atoms with E-state index < -0.39 is 4.92 Å². The molecular formula is C19H23N3O3S. The topological polar surface area (TPSA) is 75.5 Å². The maximum Gasteiger partial charge on any atom is 0.273 e. The van der Waals surface area contributed by atoms with Gasteiger partial charge in [-0.25, -0.2) is 0 Å². The summed E-state index contributed by atoms with van der Waals surface area (Å²) in [4.78, 5) is 25.6. The molecule has 1 aliphatic rings. The Labute approximate surface area is 157 Å². The molecule has 1 aromatic heterocycles. The van der Waals surface area contributed by atoms with Gasteiger partial charge in [0.15, 0.2) is 0 Å². The maximum absolute atomic E-state index is 12.5. The number of hydrogen-bond donors (Lipinski definition) is 1. The number of rotatable bonds is 6. The lowest BCUT2D eigenvalue weighted by molar-refractivity contribution is -0.385. The van der Waals surface area contributed by atoms with Crippen LogP contribution in [0.5, 0.6) is 0 Å². The van der Waals surface area contributed by atoms with Crippen LogP contribution in [0, 0.1) is 17.0 Å². The number of amides is 1. The molecule has 3 rings (SSSR count). The summed E-state index contributed by atoms with van der Waals surface area (Å²) in [5.41, 5.74) is 2.07. The smallest absolute Gasteiger partial charge is 0.273 e. The molecule has 1 aliphatic heterocycles. The highest BCUT2D eigenvalue weighted by atomic mass is 32.1. The van der Waals surface area contributed by atoms with E-state index in [9.17, 15) is 14.9 Å². The molecule has 26 heavy (non-hydrogen) atoms. The van der Waals surface area contributed by atoms with Crippen LogP contribution in [-0.4, -0.2) is 35.4 Å². The summed E-state index contributed by atoms with van der Waals surface area (Å²) in [6.45, 7) is 4.23. The largest absolute Gasteiger partial charge is 0.350 e. The van der Waals surface area contributed by atoms with Crippen LogP contribution in [0.25, 0.3) is 0 Å². The van der Waals surface area contributed by atoms with Crippen molar-refractivity contribution in [3.05, 3.63) is 61.8 Å². The van der Waals surface area contributed by atoms with Crippen molar-refractivity contribution in [3.8, 4) is 0 Å². The van der Waals surface area contributed by atoms with Gasteiger partial charge in [-0.15, -0.1) is 0 Å². The molecule has 2 aromatic rings. The second-order valence-electron chi connectivity index (χ2n) is 6.64. The molecule has 1 fully saturated rings. The third kappa shape index (κ3) is 4.28. The molecule has 138 valence electrons. The lowest BCUT2D eigenvalue weighted by Crippen LogP contribution is -2.40. The summed E-state index contributed by atoms with van der Waals surface area (Å²) in [6.07, 6.45) is 3.61. The molecule has 7 heteroatoms. The lowest BCUT2D eigenvalue weighted by Gasteiger charge is -2.34. The number of carbonyl (C=O) groups is 1. The molecule has 1 aromatic carbocycles. The summed E-state index contributed by atoms with van der Waals surface area (Å²) < 4.78 is 0. The molecule has 1 N–H and O–H groups in total. The van der Waals surface area contributed by atoms with Crippen LogP contribution in [-0.2, 0) is 0 Å². The standard InChI is InChI=1S/C19H23N3O3S/c1-14-5-6-15(11-17(14)22(24)25)19(23)20-12-18(16-7-10-26-13-16)21-8-3-2-4-9-21/h5-7,10-11,13,18H,2-4,8-9,12H2,1H3,(H,20,23). The van der Waals surface area contributed by atoms with Gasteiger partial charge in [-0.05, 0) is 61.3 Å². The molecule has 0 aliphatic carbocycles. The first-order valence-electron chi connectivity index (χ1n) is 8.85. The monoisotopic (exact) mass is 373 g/mol. The Kier molecular flexibility index (Phi) is 6.00. The predicted molar refractivity (Wildman–Crippen MR) is 103 cm³/mol. The highest BCUT2D eigenvalue weighted by molar-refractivity contribution is 7.07. The van der Waals surface area contributed by atoms with E-state index in [2.05, 4.69) is 27.0 Å². The zero-order valence-corrected chi connectivity index (χ0v) is 15.6. The number of piperidine rings is 1. The predicted octanol–water partition coefficient (Wildman–Crippen LogP) is 3.92. The van der Waals surface area contributed by atoms with Crippen LogP contribution in [0.1, 0.15) is 46.8 Å². The lowest BCUT2D eigenvalue weighted by atomic mass is 10.0. The van der Waals surface area contributed by atoms with Crippen molar-refractivity contribution in [3.63, 3.8) is 0 Å². The minimum absolute atomic E-state index is 0.0249. The van der Waals surface area contributed by atoms with Gasteiger partial charge in [0.05, 0.1) is 11.0 Å². The number of nitrogens with one attached hydrogen (secondary N) is 1. The van der Waals surface area contributed by atoms with E-state index in [1.807, 2.05) is 0 Å². The van der Waals surface area contributed by atoms with Crippen molar-refractivity contribution in [2.24, 2.45) is 0 Å². The number of nitro benzene ring substituents is 1. The molecule has 1 atom stereocenters. The third-order valence-corrected chi connectivity index (χ3v) is 5.58. The van der Waals surface area contributed by atoms with Gasteiger partial charge in [-0.1, -0.05) is 12.5 Å². The molecule has 1 amide bonds. The fourth-order valence-electron chi connectivity index (χ4n) is 3.39. The molecular weight excluding hydrogens is 350 g/mol. The minimum Gasteiger partial charge on any atom is -0.350 e. The average molecular weight is 373 g/mol. The van der Waals surface area contributed by atoms with Crippen molar-refractivity contribution in [1.82, 2.24) is 10.2 Å². The number of benzene rings is 1. The van der Waals surface area contributed by atoms with E-state index >= 15 is 0 Å². The maximum atomic E-state index is 12.5. The first-order valence-corrected chi connectivity index (χ1v) is 9.80. The van der Waals surface area contributed by atoms with Gasteiger partial charge >= 0.3 is 0 Å². The Morgan fingerprint density at radius 2 is 2.08 bits per heavy atom. The zero-order chi connectivity index (χ0) is 18.5. The second-order valence-corrected chi connectivity index (χ2v) is 7.42. The zero-order valence-electron chi connectivity index (χ0n) is 14.8. The van der Waals surface area contributed by atoms with E-state index in [4.69, 9.17) is 0 Å².